The third kappa shape index (κ3) is 6.57. The van der Waals surface area contributed by atoms with E-state index in [1.54, 1.807) is 18.2 Å². The maximum absolute atomic E-state index is 13.4. The maximum atomic E-state index is 13.4. The Morgan fingerprint density at radius 2 is 1.68 bits per heavy atom. The fourth-order valence-electron chi connectivity index (χ4n) is 5.80. The van der Waals surface area contributed by atoms with Crippen molar-refractivity contribution in [3.05, 3.63) is 59.4 Å². The minimum absolute atomic E-state index is 0.134. The molecule has 0 radical (unpaired) electrons. The van der Waals surface area contributed by atoms with Crippen LogP contribution in [0.1, 0.15) is 56.6 Å². The summed E-state index contributed by atoms with van der Waals surface area (Å²) in [5.41, 5.74) is 0.710. The second kappa shape index (κ2) is 10.9. The topological polar surface area (TPSA) is 35.6 Å². The fraction of sp³-hybridized carbons (Fsp3) is 0.552. The molecule has 1 amide bonds. The highest BCUT2D eigenvalue weighted by atomic mass is 19.4. The van der Waals surface area contributed by atoms with Crippen LogP contribution in [0.15, 0.2) is 42.5 Å². The summed E-state index contributed by atoms with van der Waals surface area (Å²) in [4.78, 5) is 17.5. The molecule has 1 saturated carbocycles. The number of hydrogen-bond acceptors (Lipinski definition) is 3. The lowest BCUT2D eigenvalue weighted by atomic mass is 9.78. The summed E-state index contributed by atoms with van der Waals surface area (Å²) in [6.45, 7) is 5.74. The Hall–Kier alpha value is -2.77. The summed E-state index contributed by atoms with van der Waals surface area (Å²) >= 11 is 0. The molecule has 37 heavy (non-hydrogen) atoms. The Kier molecular flexibility index (Phi) is 8.05. The van der Waals surface area contributed by atoms with Crippen molar-refractivity contribution in [1.82, 2.24) is 4.90 Å². The van der Waals surface area contributed by atoms with Crippen molar-refractivity contribution in [2.24, 2.45) is 11.3 Å². The highest BCUT2D eigenvalue weighted by molar-refractivity contribution is 5.82. The average Bonchev–Trinajstić information content (AvgIpc) is 2.86. The molecule has 4 rings (SSSR count). The molecule has 1 saturated heterocycles. The predicted molar refractivity (Wildman–Crippen MR) is 139 cm³/mol. The number of nitrogens with one attached hydrogen (secondary N) is 1. The highest BCUT2D eigenvalue weighted by Gasteiger charge is 2.39. The summed E-state index contributed by atoms with van der Waals surface area (Å²) < 4.78 is 53.0. The number of piperidine rings is 1. The number of benzene rings is 2. The first-order chi connectivity index (χ1) is 17.4. The second-order valence-electron chi connectivity index (χ2n) is 11.1. The van der Waals surface area contributed by atoms with Crippen molar-refractivity contribution < 1.29 is 22.4 Å². The quantitative estimate of drug-likeness (QED) is 0.422. The van der Waals surface area contributed by atoms with Gasteiger partial charge in [0.05, 0.1) is 5.56 Å². The van der Waals surface area contributed by atoms with Gasteiger partial charge in [-0.2, -0.15) is 13.2 Å². The lowest BCUT2D eigenvalue weighted by Crippen LogP contribution is -2.49. The van der Waals surface area contributed by atoms with Crippen LogP contribution >= 0.6 is 0 Å². The zero-order valence-corrected chi connectivity index (χ0v) is 21.9. The van der Waals surface area contributed by atoms with Gasteiger partial charge in [0, 0.05) is 49.5 Å². The molecule has 0 spiro atoms. The zero-order valence-electron chi connectivity index (χ0n) is 21.9. The molecular weight excluding hydrogens is 482 g/mol. The largest absolute Gasteiger partial charge is 0.416 e. The second-order valence-corrected chi connectivity index (χ2v) is 11.1. The molecule has 1 aliphatic heterocycles. The Balaban J connectivity index is 1.25. The molecule has 0 atom stereocenters. The van der Waals surface area contributed by atoms with Crippen LogP contribution in [0.5, 0.6) is 0 Å². The van der Waals surface area contributed by atoms with E-state index < -0.39 is 17.2 Å². The van der Waals surface area contributed by atoms with Crippen molar-refractivity contribution >= 4 is 17.3 Å². The maximum Gasteiger partial charge on any atom is 0.416 e. The Morgan fingerprint density at radius 3 is 2.27 bits per heavy atom. The number of hydrogen-bond donors (Lipinski definition) is 1. The molecule has 8 heteroatoms. The van der Waals surface area contributed by atoms with Gasteiger partial charge < -0.3 is 15.1 Å². The van der Waals surface area contributed by atoms with Gasteiger partial charge in [-0.15, -0.1) is 0 Å². The van der Waals surface area contributed by atoms with Crippen molar-refractivity contribution in [2.75, 3.05) is 36.9 Å². The van der Waals surface area contributed by atoms with Crippen molar-refractivity contribution in [2.45, 2.75) is 64.6 Å². The third-order valence-corrected chi connectivity index (χ3v) is 8.21. The summed E-state index contributed by atoms with van der Waals surface area (Å²) in [7, 11) is 1.88. The number of alkyl halides is 3. The number of rotatable bonds is 6. The van der Waals surface area contributed by atoms with Gasteiger partial charge in [-0.3, -0.25) is 4.79 Å². The molecule has 2 fully saturated rings. The molecule has 2 aromatic rings. The van der Waals surface area contributed by atoms with E-state index >= 15 is 0 Å². The van der Waals surface area contributed by atoms with E-state index in [1.807, 2.05) is 18.9 Å². The van der Waals surface area contributed by atoms with Crippen LogP contribution in [-0.2, 0) is 11.0 Å². The van der Waals surface area contributed by atoms with Crippen LogP contribution in [0.25, 0.3) is 0 Å². The van der Waals surface area contributed by atoms with Gasteiger partial charge in [-0.1, -0.05) is 13.0 Å². The van der Waals surface area contributed by atoms with Gasteiger partial charge in [-0.25, -0.2) is 4.39 Å². The molecule has 4 nitrogen and oxygen atoms in total. The van der Waals surface area contributed by atoms with E-state index in [2.05, 4.69) is 10.2 Å². The van der Waals surface area contributed by atoms with Crippen LogP contribution in [0, 0.1) is 24.1 Å². The van der Waals surface area contributed by atoms with Crippen LogP contribution in [0.4, 0.5) is 28.9 Å². The molecule has 1 aliphatic carbocycles. The molecule has 202 valence electrons. The van der Waals surface area contributed by atoms with E-state index in [0.29, 0.717) is 18.2 Å². The molecule has 2 aliphatic rings. The normalized spacial score (nSPS) is 22.0. The van der Waals surface area contributed by atoms with Crippen LogP contribution < -0.4 is 10.2 Å². The van der Waals surface area contributed by atoms with Gasteiger partial charge in [0.1, 0.15) is 5.82 Å². The fourth-order valence-corrected chi connectivity index (χ4v) is 5.80. The number of amides is 1. The molecule has 1 heterocycles. The number of aryl methyl sites for hydroxylation is 1. The first kappa shape index (κ1) is 27.3. The van der Waals surface area contributed by atoms with Crippen molar-refractivity contribution in [3.8, 4) is 0 Å². The van der Waals surface area contributed by atoms with E-state index in [9.17, 15) is 22.4 Å². The molecule has 0 bridgehead atoms. The lowest BCUT2D eigenvalue weighted by Gasteiger charge is -2.42. The van der Waals surface area contributed by atoms with Crippen LogP contribution in [-0.4, -0.2) is 43.5 Å². The van der Waals surface area contributed by atoms with E-state index in [1.165, 1.54) is 31.2 Å². The smallest absolute Gasteiger partial charge is 0.382 e. The number of halogens is 4. The summed E-state index contributed by atoms with van der Waals surface area (Å²) in [6, 6.07) is 11.1. The number of carbonyl (C=O) groups is 1. The van der Waals surface area contributed by atoms with E-state index in [-0.39, 0.29) is 23.3 Å². The van der Waals surface area contributed by atoms with Gasteiger partial charge in [0.2, 0.25) is 5.91 Å². The molecule has 0 aromatic heterocycles. The van der Waals surface area contributed by atoms with Gasteiger partial charge in [0.15, 0.2) is 0 Å². The number of nitrogens with zero attached hydrogens (tertiary/aromatic N) is 2. The predicted octanol–water partition coefficient (Wildman–Crippen LogP) is 6.89. The molecule has 1 N–H and O–H groups in total. The van der Waals surface area contributed by atoms with Gasteiger partial charge >= 0.3 is 6.18 Å². The Bertz CT molecular complexity index is 1070. The Morgan fingerprint density at radius 1 is 1.05 bits per heavy atom. The van der Waals surface area contributed by atoms with Crippen LogP contribution in [0.2, 0.25) is 0 Å². The Labute approximate surface area is 217 Å². The summed E-state index contributed by atoms with van der Waals surface area (Å²) in [5, 5.41) is 3.29. The standard InChI is InChI=1S/C29H37F4N3O/c1-20-4-9-24(18-26(20)29(31,32)33)34-23-10-5-21(6-11-23)19-35(3)27(37)28(2)14-16-36(17-15-28)25-12-7-22(30)8-13-25/h4,7-9,12-13,18,21,23,34H,5-6,10-11,14-17,19H2,1-3H3. The SMILES string of the molecule is Cc1ccc(NC2CCC(CN(C)C(=O)C3(C)CCN(c4ccc(F)cc4)CC3)CC2)cc1C(F)(F)F. The molecular formula is C29H37F4N3O. The summed E-state index contributed by atoms with van der Waals surface area (Å²) in [5.74, 6) is 0.308. The zero-order chi connectivity index (χ0) is 26.8. The number of carbonyl (C=O) groups excluding carboxylic acids is 1. The first-order valence-electron chi connectivity index (χ1n) is 13.1. The monoisotopic (exact) mass is 519 g/mol. The van der Waals surface area contributed by atoms with Gasteiger partial charge in [-0.05, 0) is 93.3 Å². The van der Waals surface area contributed by atoms with Crippen molar-refractivity contribution in [1.29, 1.82) is 0 Å². The van der Waals surface area contributed by atoms with Gasteiger partial charge in [0.25, 0.3) is 0 Å². The van der Waals surface area contributed by atoms with E-state index in [4.69, 9.17) is 0 Å². The average molecular weight is 520 g/mol. The lowest BCUT2D eigenvalue weighted by molar-refractivity contribution is -0.142. The van der Waals surface area contributed by atoms with Crippen molar-refractivity contribution in [3.63, 3.8) is 0 Å². The highest BCUT2D eigenvalue weighted by Crippen LogP contribution is 2.37. The summed E-state index contributed by atoms with van der Waals surface area (Å²) in [6.07, 6.45) is 0.744. The van der Waals surface area contributed by atoms with Crippen LogP contribution in [0.3, 0.4) is 0 Å². The first-order valence-corrected chi connectivity index (χ1v) is 13.1. The minimum atomic E-state index is -4.36. The number of anilines is 2. The van der Waals surface area contributed by atoms with E-state index in [0.717, 1.165) is 57.3 Å². The molecule has 2 aromatic carbocycles. The molecule has 0 unspecified atom stereocenters. The third-order valence-electron chi connectivity index (χ3n) is 8.21. The minimum Gasteiger partial charge on any atom is -0.382 e.